The molecule has 1 aromatic heterocycles. The number of hydrogen-bond acceptors (Lipinski definition) is 3. The second-order valence-electron chi connectivity index (χ2n) is 5.60. The minimum absolute atomic E-state index is 0.00754. The van der Waals surface area contributed by atoms with Gasteiger partial charge in [0, 0.05) is 30.2 Å². The molecule has 2 aromatic rings. The Labute approximate surface area is 125 Å². The maximum Gasteiger partial charge on any atom is 0.242 e. The first kappa shape index (κ1) is 15.1. The average Bonchev–Trinajstić information content (AvgIpc) is 2.93. The minimum Gasteiger partial charge on any atom is -0.399 e. The summed E-state index contributed by atoms with van der Waals surface area (Å²) in [5.74, 6) is 1.17. The highest BCUT2D eigenvalue weighted by molar-refractivity contribution is 5.80. The molecule has 0 radical (unpaired) electrons. The normalized spacial score (nSPS) is 12.4. The molecule has 3 N–H and O–H groups in total. The van der Waals surface area contributed by atoms with Gasteiger partial charge in [-0.15, -0.1) is 0 Å². The molecular weight excluding hydrogens is 264 g/mol. The van der Waals surface area contributed by atoms with Gasteiger partial charge in [0.25, 0.3) is 0 Å². The van der Waals surface area contributed by atoms with Gasteiger partial charge in [-0.3, -0.25) is 4.79 Å². The SMILES string of the molecule is CC(C)CNC(=O)C(C)n1ccnc1-c1cccc(N)c1. The first-order valence-corrected chi connectivity index (χ1v) is 7.15. The number of nitrogens with zero attached hydrogens (tertiary/aromatic N) is 2. The highest BCUT2D eigenvalue weighted by Crippen LogP contribution is 2.23. The van der Waals surface area contributed by atoms with Crippen molar-refractivity contribution in [3.8, 4) is 11.4 Å². The van der Waals surface area contributed by atoms with E-state index in [-0.39, 0.29) is 11.9 Å². The van der Waals surface area contributed by atoms with Crippen LogP contribution in [-0.4, -0.2) is 22.0 Å². The Morgan fingerprint density at radius 3 is 2.81 bits per heavy atom. The van der Waals surface area contributed by atoms with Crippen molar-refractivity contribution in [1.82, 2.24) is 14.9 Å². The number of carbonyl (C=O) groups is 1. The predicted molar refractivity (Wildman–Crippen MR) is 84.6 cm³/mol. The van der Waals surface area contributed by atoms with E-state index < -0.39 is 0 Å². The fourth-order valence-electron chi connectivity index (χ4n) is 2.11. The Morgan fingerprint density at radius 2 is 2.14 bits per heavy atom. The van der Waals surface area contributed by atoms with Crippen molar-refractivity contribution < 1.29 is 4.79 Å². The van der Waals surface area contributed by atoms with E-state index in [4.69, 9.17) is 5.73 Å². The number of hydrogen-bond donors (Lipinski definition) is 2. The molecule has 5 nitrogen and oxygen atoms in total. The minimum atomic E-state index is -0.317. The number of aromatic nitrogens is 2. The number of nitrogens with two attached hydrogens (primary N) is 1. The Bertz CT molecular complexity index is 618. The predicted octanol–water partition coefficient (Wildman–Crippen LogP) is 2.47. The van der Waals surface area contributed by atoms with E-state index in [1.807, 2.05) is 42.0 Å². The van der Waals surface area contributed by atoms with Crippen molar-refractivity contribution in [1.29, 1.82) is 0 Å². The molecule has 1 aromatic carbocycles. The van der Waals surface area contributed by atoms with Crippen molar-refractivity contribution >= 4 is 11.6 Å². The zero-order valence-electron chi connectivity index (χ0n) is 12.7. The maximum absolute atomic E-state index is 12.2. The van der Waals surface area contributed by atoms with Crippen LogP contribution in [0.3, 0.4) is 0 Å². The Morgan fingerprint density at radius 1 is 1.38 bits per heavy atom. The van der Waals surface area contributed by atoms with Crippen LogP contribution >= 0.6 is 0 Å². The molecule has 112 valence electrons. The molecule has 21 heavy (non-hydrogen) atoms. The molecular formula is C16H22N4O. The van der Waals surface area contributed by atoms with Gasteiger partial charge in [-0.2, -0.15) is 0 Å². The van der Waals surface area contributed by atoms with Crippen molar-refractivity contribution in [3.63, 3.8) is 0 Å². The van der Waals surface area contributed by atoms with Gasteiger partial charge >= 0.3 is 0 Å². The molecule has 1 heterocycles. The van der Waals surface area contributed by atoms with E-state index in [9.17, 15) is 4.79 Å². The number of carbonyl (C=O) groups excluding carboxylic acids is 1. The summed E-state index contributed by atoms with van der Waals surface area (Å²) in [6, 6.07) is 7.19. The van der Waals surface area contributed by atoms with E-state index in [2.05, 4.69) is 24.1 Å². The summed E-state index contributed by atoms with van der Waals surface area (Å²) < 4.78 is 1.87. The lowest BCUT2D eigenvalue weighted by molar-refractivity contribution is -0.124. The number of rotatable bonds is 5. The Hall–Kier alpha value is -2.30. The third-order valence-electron chi connectivity index (χ3n) is 3.29. The summed E-state index contributed by atoms with van der Waals surface area (Å²) in [6.07, 6.45) is 3.52. The van der Waals surface area contributed by atoms with Crippen LogP contribution in [-0.2, 0) is 4.79 Å². The highest BCUT2D eigenvalue weighted by Gasteiger charge is 2.18. The Balaban J connectivity index is 2.22. The summed E-state index contributed by atoms with van der Waals surface area (Å²) in [4.78, 5) is 16.6. The molecule has 1 amide bonds. The molecule has 0 aliphatic rings. The number of benzene rings is 1. The zero-order chi connectivity index (χ0) is 15.4. The van der Waals surface area contributed by atoms with Crippen LogP contribution in [0.1, 0.15) is 26.8 Å². The van der Waals surface area contributed by atoms with Crippen LogP contribution < -0.4 is 11.1 Å². The quantitative estimate of drug-likeness (QED) is 0.829. The number of nitrogens with one attached hydrogen (secondary N) is 1. The molecule has 0 aliphatic carbocycles. The molecule has 0 spiro atoms. The lowest BCUT2D eigenvalue weighted by Gasteiger charge is -2.17. The summed E-state index contributed by atoms with van der Waals surface area (Å²) in [6.45, 7) is 6.68. The molecule has 1 unspecified atom stereocenters. The molecule has 1 atom stereocenters. The summed E-state index contributed by atoms with van der Waals surface area (Å²) in [7, 11) is 0. The van der Waals surface area contributed by atoms with E-state index in [1.54, 1.807) is 6.20 Å². The summed E-state index contributed by atoms with van der Waals surface area (Å²) >= 11 is 0. The second-order valence-corrected chi connectivity index (χ2v) is 5.60. The highest BCUT2D eigenvalue weighted by atomic mass is 16.2. The van der Waals surface area contributed by atoms with E-state index >= 15 is 0 Å². The van der Waals surface area contributed by atoms with Crippen LogP contribution in [0.25, 0.3) is 11.4 Å². The lowest BCUT2D eigenvalue weighted by Crippen LogP contribution is -2.33. The lowest BCUT2D eigenvalue weighted by atomic mass is 10.1. The fourth-order valence-corrected chi connectivity index (χ4v) is 2.11. The van der Waals surface area contributed by atoms with Crippen LogP contribution in [0.2, 0.25) is 0 Å². The second kappa shape index (κ2) is 6.43. The van der Waals surface area contributed by atoms with E-state index in [0.717, 1.165) is 11.4 Å². The van der Waals surface area contributed by atoms with Gasteiger partial charge in [0.2, 0.25) is 5.91 Å². The third-order valence-corrected chi connectivity index (χ3v) is 3.29. The van der Waals surface area contributed by atoms with E-state index in [1.165, 1.54) is 0 Å². The number of amides is 1. The van der Waals surface area contributed by atoms with Crippen molar-refractivity contribution in [2.45, 2.75) is 26.8 Å². The smallest absolute Gasteiger partial charge is 0.242 e. The molecule has 0 bridgehead atoms. The topological polar surface area (TPSA) is 72.9 Å². The van der Waals surface area contributed by atoms with Crippen LogP contribution in [0, 0.1) is 5.92 Å². The van der Waals surface area contributed by atoms with Crippen molar-refractivity contribution in [2.75, 3.05) is 12.3 Å². The van der Waals surface area contributed by atoms with Gasteiger partial charge in [-0.25, -0.2) is 4.98 Å². The van der Waals surface area contributed by atoms with Gasteiger partial charge in [0.05, 0.1) is 0 Å². The maximum atomic E-state index is 12.2. The molecule has 0 fully saturated rings. The molecule has 2 rings (SSSR count). The van der Waals surface area contributed by atoms with Crippen molar-refractivity contribution in [2.24, 2.45) is 5.92 Å². The Kier molecular flexibility index (Phi) is 4.62. The fraction of sp³-hybridized carbons (Fsp3) is 0.375. The van der Waals surface area contributed by atoms with Gasteiger partial charge < -0.3 is 15.6 Å². The van der Waals surface area contributed by atoms with Gasteiger partial charge in [0.15, 0.2) is 0 Å². The zero-order valence-corrected chi connectivity index (χ0v) is 12.7. The first-order chi connectivity index (χ1) is 9.99. The molecule has 5 heteroatoms. The van der Waals surface area contributed by atoms with Gasteiger partial charge in [-0.1, -0.05) is 26.0 Å². The molecule has 0 saturated heterocycles. The van der Waals surface area contributed by atoms with E-state index in [0.29, 0.717) is 18.2 Å². The van der Waals surface area contributed by atoms with Crippen LogP contribution in [0.15, 0.2) is 36.7 Å². The molecule has 0 aliphatic heterocycles. The molecule has 0 saturated carbocycles. The number of imidazole rings is 1. The number of anilines is 1. The average molecular weight is 286 g/mol. The standard InChI is InChI=1S/C16H22N4O/c1-11(2)10-19-16(21)12(3)20-8-7-18-15(20)13-5-4-6-14(17)9-13/h4-9,11-12H,10,17H2,1-3H3,(H,19,21). The summed E-state index contributed by atoms with van der Waals surface area (Å²) in [5, 5.41) is 2.95. The first-order valence-electron chi connectivity index (χ1n) is 7.15. The van der Waals surface area contributed by atoms with Crippen LogP contribution in [0.4, 0.5) is 5.69 Å². The third kappa shape index (κ3) is 3.62. The van der Waals surface area contributed by atoms with Crippen LogP contribution in [0.5, 0.6) is 0 Å². The van der Waals surface area contributed by atoms with Gasteiger partial charge in [0.1, 0.15) is 11.9 Å². The largest absolute Gasteiger partial charge is 0.399 e. The summed E-state index contributed by atoms with van der Waals surface area (Å²) in [5.41, 5.74) is 7.40. The van der Waals surface area contributed by atoms with Gasteiger partial charge in [-0.05, 0) is 25.0 Å². The monoisotopic (exact) mass is 286 g/mol. The van der Waals surface area contributed by atoms with Crippen molar-refractivity contribution in [3.05, 3.63) is 36.7 Å². The number of nitrogen functional groups attached to an aromatic ring is 1.